The van der Waals surface area contributed by atoms with Crippen molar-refractivity contribution in [1.29, 1.82) is 0 Å². The lowest BCUT2D eigenvalue weighted by molar-refractivity contribution is -0.137. The minimum Gasteiger partial charge on any atom is -0.483 e. The molecular formula is C16H10ClF4NO2. The molecule has 0 amide bonds. The van der Waals surface area contributed by atoms with Gasteiger partial charge in [-0.15, -0.1) is 0 Å². The molecule has 0 spiro atoms. The number of hydrogen-bond donors (Lipinski definition) is 0. The molecule has 0 saturated carbocycles. The van der Waals surface area contributed by atoms with E-state index in [4.69, 9.17) is 21.1 Å². The first kappa shape index (κ1) is 16.6. The van der Waals surface area contributed by atoms with E-state index in [1.54, 1.807) is 19.2 Å². The molecule has 0 saturated heterocycles. The summed E-state index contributed by atoms with van der Waals surface area (Å²) in [6.07, 6.45) is -3.31. The van der Waals surface area contributed by atoms with Crippen molar-refractivity contribution in [2.24, 2.45) is 4.99 Å². The molecule has 0 aliphatic carbocycles. The molecule has 8 heteroatoms. The molecular weight excluding hydrogens is 350 g/mol. The van der Waals surface area contributed by atoms with E-state index >= 15 is 0 Å². The lowest BCUT2D eigenvalue weighted by Crippen LogP contribution is -2.15. The summed E-state index contributed by atoms with van der Waals surface area (Å²) < 4.78 is 62.7. The van der Waals surface area contributed by atoms with E-state index in [0.29, 0.717) is 23.6 Å². The summed E-state index contributed by atoms with van der Waals surface area (Å²) in [7, 11) is 0. The minimum absolute atomic E-state index is 0.165. The van der Waals surface area contributed by atoms with E-state index in [2.05, 4.69) is 4.99 Å². The Kier molecular flexibility index (Phi) is 4.13. The molecule has 1 aliphatic rings. The van der Waals surface area contributed by atoms with Gasteiger partial charge in [-0.05, 0) is 31.2 Å². The van der Waals surface area contributed by atoms with Gasteiger partial charge in [-0.1, -0.05) is 11.6 Å². The number of benzene rings is 2. The quantitative estimate of drug-likeness (QED) is 0.637. The minimum atomic E-state index is -4.70. The molecule has 0 aromatic heterocycles. The van der Waals surface area contributed by atoms with Crippen molar-refractivity contribution in [3.63, 3.8) is 0 Å². The lowest BCUT2D eigenvalue weighted by Gasteiger charge is -2.18. The Morgan fingerprint density at radius 2 is 1.96 bits per heavy atom. The van der Waals surface area contributed by atoms with Gasteiger partial charge in [0.05, 0.1) is 10.6 Å². The highest BCUT2D eigenvalue weighted by Crippen LogP contribution is 2.40. The third-order valence-electron chi connectivity index (χ3n) is 3.21. The summed E-state index contributed by atoms with van der Waals surface area (Å²) >= 11 is 5.74. The van der Waals surface area contributed by atoms with Crippen molar-refractivity contribution in [2.75, 3.05) is 0 Å². The van der Waals surface area contributed by atoms with E-state index in [-0.39, 0.29) is 11.9 Å². The fourth-order valence-electron chi connectivity index (χ4n) is 2.11. The zero-order valence-electron chi connectivity index (χ0n) is 12.2. The third-order valence-corrected chi connectivity index (χ3v) is 3.49. The Morgan fingerprint density at radius 1 is 1.21 bits per heavy atom. The van der Waals surface area contributed by atoms with Crippen molar-refractivity contribution >= 4 is 23.5 Å². The second-order valence-electron chi connectivity index (χ2n) is 5.10. The zero-order chi connectivity index (χ0) is 17.5. The standard InChI is InChI=1S/C16H10ClF4NO2/c1-8-7-22-13-3-2-10(6-14(13)23-8)24-15-11(17)4-9(5-12(15)18)16(19,20)21/h2-8H,1H3. The van der Waals surface area contributed by atoms with Crippen LogP contribution in [-0.2, 0) is 6.18 Å². The van der Waals surface area contributed by atoms with Crippen molar-refractivity contribution in [2.45, 2.75) is 19.2 Å². The van der Waals surface area contributed by atoms with E-state index < -0.39 is 28.3 Å². The van der Waals surface area contributed by atoms with Gasteiger partial charge in [0.25, 0.3) is 0 Å². The highest BCUT2D eigenvalue weighted by Gasteiger charge is 2.32. The summed E-state index contributed by atoms with van der Waals surface area (Å²) in [6.45, 7) is 1.78. The Labute approximate surface area is 139 Å². The van der Waals surface area contributed by atoms with Gasteiger partial charge in [0, 0.05) is 12.3 Å². The molecule has 2 aromatic carbocycles. The van der Waals surface area contributed by atoms with Crippen molar-refractivity contribution < 1.29 is 27.0 Å². The second kappa shape index (κ2) is 5.98. The average molecular weight is 360 g/mol. The summed E-state index contributed by atoms with van der Waals surface area (Å²) in [5, 5.41) is -0.479. The highest BCUT2D eigenvalue weighted by atomic mass is 35.5. The van der Waals surface area contributed by atoms with Gasteiger partial charge in [-0.2, -0.15) is 13.2 Å². The van der Waals surface area contributed by atoms with Crippen LogP contribution in [0.1, 0.15) is 12.5 Å². The molecule has 24 heavy (non-hydrogen) atoms. The Hall–Kier alpha value is -2.28. The fraction of sp³-hybridized carbons (Fsp3) is 0.188. The van der Waals surface area contributed by atoms with E-state index in [1.807, 2.05) is 0 Å². The largest absolute Gasteiger partial charge is 0.483 e. The Balaban J connectivity index is 1.92. The van der Waals surface area contributed by atoms with Crippen LogP contribution in [0.2, 0.25) is 5.02 Å². The molecule has 1 aliphatic heterocycles. The van der Waals surface area contributed by atoms with Crippen LogP contribution in [0.25, 0.3) is 0 Å². The van der Waals surface area contributed by atoms with E-state index in [0.717, 1.165) is 0 Å². The molecule has 3 rings (SSSR count). The van der Waals surface area contributed by atoms with E-state index in [9.17, 15) is 17.6 Å². The molecule has 0 N–H and O–H groups in total. The zero-order valence-corrected chi connectivity index (χ0v) is 13.0. The summed E-state index contributed by atoms with van der Waals surface area (Å²) in [5.74, 6) is -1.11. The van der Waals surface area contributed by atoms with Crippen LogP contribution in [0.4, 0.5) is 23.2 Å². The third kappa shape index (κ3) is 3.31. The van der Waals surface area contributed by atoms with Gasteiger partial charge in [-0.3, -0.25) is 4.99 Å². The summed E-state index contributed by atoms with van der Waals surface area (Å²) in [5.41, 5.74) is -0.617. The lowest BCUT2D eigenvalue weighted by atomic mass is 10.2. The van der Waals surface area contributed by atoms with Crippen LogP contribution in [-0.4, -0.2) is 12.3 Å². The molecule has 3 nitrogen and oxygen atoms in total. The maximum atomic E-state index is 14.0. The molecule has 1 unspecified atom stereocenters. The first-order valence-electron chi connectivity index (χ1n) is 6.83. The van der Waals surface area contributed by atoms with Gasteiger partial charge >= 0.3 is 6.18 Å². The van der Waals surface area contributed by atoms with Gasteiger partial charge < -0.3 is 9.47 Å². The molecule has 126 valence electrons. The first-order valence-corrected chi connectivity index (χ1v) is 7.21. The number of hydrogen-bond acceptors (Lipinski definition) is 3. The monoisotopic (exact) mass is 359 g/mol. The Morgan fingerprint density at radius 3 is 2.62 bits per heavy atom. The summed E-state index contributed by atoms with van der Waals surface area (Å²) in [4.78, 5) is 4.17. The van der Waals surface area contributed by atoms with Crippen LogP contribution in [0.15, 0.2) is 35.3 Å². The van der Waals surface area contributed by atoms with Crippen LogP contribution in [0, 0.1) is 5.82 Å². The maximum absolute atomic E-state index is 14.0. The van der Waals surface area contributed by atoms with Gasteiger partial charge in [0.15, 0.2) is 11.6 Å². The number of aliphatic imine (C=N–C) groups is 1. The van der Waals surface area contributed by atoms with Crippen molar-refractivity contribution in [3.8, 4) is 17.2 Å². The second-order valence-corrected chi connectivity index (χ2v) is 5.51. The highest BCUT2D eigenvalue weighted by molar-refractivity contribution is 6.32. The van der Waals surface area contributed by atoms with Crippen LogP contribution >= 0.6 is 11.6 Å². The molecule has 1 heterocycles. The number of alkyl halides is 3. The van der Waals surface area contributed by atoms with Gasteiger partial charge in [-0.25, -0.2) is 4.39 Å². The molecule has 0 bridgehead atoms. The smallest absolute Gasteiger partial charge is 0.416 e. The predicted octanol–water partition coefficient (Wildman–Crippen LogP) is 5.77. The van der Waals surface area contributed by atoms with Crippen molar-refractivity contribution in [1.82, 2.24) is 0 Å². The molecule has 1 atom stereocenters. The number of rotatable bonds is 2. The number of nitrogens with zero attached hydrogens (tertiary/aromatic N) is 1. The number of fused-ring (bicyclic) bond motifs is 1. The molecule has 0 radical (unpaired) electrons. The van der Waals surface area contributed by atoms with E-state index in [1.165, 1.54) is 12.1 Å². The average Bonchev–Trinajstić information content (AvgIpc) is 2.49. The first-order chi connectivity index (χ1) is 11.2. The Bertz CT molecular complexity index is 797. The topological polar surface area (TPSA) is 30.8 Å². The number of halogens is 5. The van der Waals surface area contributed by atoms with Crippen LogP contribution < -0.4 is 9.47 Å². The maximum Gasteiger partial charge on any atom is 0.416 e. The predicted molar refractivity (Wildman–Crippen MR) is 81.2 cm³/mol. The SMILES string of the molecule is CC1C=Nc2ccc(Oc3c(F)cc(C(F)(F)F)cc3Cl)cc2O1. The molecule has 2 aromatic rings. The number of ether oxygens (including phenoxy) is 2. The van der Waals surface area contributed by atoms with Crippen LogP contribution in [0.5, 0.6) is 17.2 Å². The summed E-state index contributed by atoms with van der Waals surface area (Å²) in [6, 6.07) is 5.49. The fourth-order valence-corrected chi connectivity index (χ4v) is 2.36. The van der Waals surface area contributed by atoms with Crippen LogP contribution in [0.3, 0.4) is 0 Å². The van der Waals surface area contributed by atoms with Crippen molar-refractivity contribution in [3.05, 3.63) is 46.7 Å². The normalized spacial score (nSPS) is 16.5. The van der Waals surface area contributed by atoms with Gasteiger partial charge in [0.1, 0.15) is 23.3 Å². The van der Waals surface area contributed by atoms with Gasteiger partial charge in [0.2, 0.25) is 0 Å². The molecule has 0 fully saturated rings.